The van der Waals surface area contributed by atoms with Crippen molar-refractivity contribution in [2.24, 2.45) is 0 Å². The van der Waals surface area contributed by atoms with Crippen LogP contribution in [0.4, 0.5) is 0 Å². The van der Waals surface area contributed by atoms with E-state index in [-0.39, 0.29) is 0 Å². The van der Waals surface area contributed by atoms with Crippen LogP contribution in [0.5, 0.6) is 0 Å². The summed E-state index contributed by atoms with van der Waals surface area (Å²) in [5, 5.41) is 0. The van der Waals surface area contributed by atoms with E-state index in [9.17, 15) is 4.79 Å². The Morgan fingerprint density at radius 2 is 1.76 bits per heavy atom. The first-order valence-corrected chi connectivity index (χ1v) is 7.24. The molecule has 2 bridgehead atoms. The maximum Gasteiger partial charge on any atom is 0.136 e. The van der Waals surface area contributed by atoms with Crippen LogP contribution >= 0.6 is 0 Å². The third kappa shape index (κ3) is 3.08. The Kier molecular flexibility index (Phi) is 4.57. The third-order valence-corrected chi connectivity index (χ3v) is 4.48. The molecule has 0 aromatic heterocycles. The molecule has 2 aliphatic heterocycles. The van der Waals surface area contributed by atoms with Gasteiger partial charge in [-0.3, -0.25) is 9.69 Å². The number of carbonyl (C=O) groups is 1. The fraction of sp³-hybridized carbons (Fsp3) is 0.929. The average Bonchev–Trinajstić information content (AvgIpc) is 2.57. The van der Waals surface area contributed by atoms with E-state index in [0.29, 0.717) is 17.9 Å². The minimum absolute atomic E-state index is 0.498. The number of nitrogens with zero attached hydrogens (tertiary/aromatic N) is 2. The van der Waals surface area contributed by atoms with Crippen LogP contribution in [0.2, 0.25) is 0 Å². The first kappa shape index (κ1) is 13.0. The molecule has 0 N–H and O–H groups in total. The van der Waals surface area contributed by atoms with Gasteiger partial charge < -0.3 is 4.90 Å². The Labute approximate surface area is 105 Å². The zero-order chi connectivity index (χ0) is 12.3. The summed E-state index contributed by atoms with van der Waals surface area (Å²) in [6.45, 7) is 9.17. The first-order chi connectivity index (χ1) is 8.24. The number of rotatable bonds is 6. The normalized spacial score (nSPS) is 29.2. The molecule has 0 amide bonds. The van der Waals surface area contributed by atoms with Crippen LogP contribution in [-0.4, -0.2) is 53.8 Å². The van der Waals surface area contributed by atoms with E-state index in [4.69, 9.17) is 0 Å². The first-order valence-electron chi connectivity index (χ1n) is 7.24. The highest BCUT2D eigenvalue weighted by Gasteiger charge is 2.39. The molecule has 0 aromatic carbocycles. The van der Waals surface area contributed by atoms with Gasteiger partial charge in [-0.1, -0.05) is 13.8 Å². The molecular formula is C14H26N2O. The average molecular weight is 238 g/mol. The van der Waals surface area contributed by atoms with Gasteiger partial charge in [-0.05, 0) is 45.4 Å². The number of hydrogen-bond donors (Lipinski definition) is 0. The molecule has 2 fully saturated rings. The van der Waals surface area contributed by atoms with Crippen LogP contribution in [-0.2, 0) is 4.79 Å². The van der Waals surface area contributed by atoms with Crippen molar-refractivity contribution in [3.63, 3.8) is 0 Å². The number of carbonyl (C=O) groups excluding carboxylic acids is 1. The van der Waals surface area contributed by atoms with Crippen molar-refractivity contribution in [1.82, 2.24) is 9.80 Å². The molecule has 0 spiro atoms. The fourth-order valence-corrected chi connectivity index (χ4v) is 3.44. The van der Waals surface area contributed by atoms with Gasteiger partial charge in [-0.25, -0.2) is 0 Å². The molecule has 2 aliphatic rings. The summed E-state index contributed by atoms with van der Waals surface area (Å²) in [5.41, 5.74) is 0. The molecule has 3 nitrogen and oxygen atoms in total. The number of Topliss-reactive ketones (excluding diaryl/α,β-unsaturated/α-hetero) is 1. The van der Waals surface area contributed by atoms with Gasteiger partial charge >= 0.3 is 0 Å². The second kappa shape index (κ2) is 5.96. The van der Waals surface area contributed by atoms with E-state index < -0.39 is 0 Å². The zero-order valence-corrected chi connectivity index (χ0v) is 11.3. The lowest BCUT2D eigenvalue weighted by atomic mass is 10.0. The summed E-state index contributed by atoms with van der Waals surface area (Å²) >= 11 is 0. The number of fused-ring (bicyclic) bond motifs is 2. The van der Waals surface area contributed by atoms with Gasteiger partial charge in [0.2, 0.25) is 0 Å². The number of hydrogen-bond acceptors (Lipinski definition) is 3. The van der Waals surface area contributed by atoms with Crippen molar-refractivity contribution in [3.05, 3.63) is 0 Å². The quantitative estimate of drug-likeness (QED) is 0.706. The molecule has 2 unspecified atom stereocenters. The molecule has 0 saturated carbocycles. The van der Waals surface area contributed by atoms with Crippen LogP contribution in [0.3, 0.4) is 0 Å². The molecule has 98 valence electrons. The lowest BCUT2D eigenvalue weighted by Crippen LogP contribution is -2.44. The molecular weight excluding hydrogens is 212 g/mol. The van der Waals surface area contributed by atoms with E-state index in [1.54, 1.807) is 0 Å². The molecule has 0 radical (unpaired) electrons. The summed E-state index contributed by atoms with van der Waals surface area (Å²) in [7, 11) is 0. The van der Waals surface area contributed by atoms with Gasteiger partial charge in [0, 0.05) is 24.9 Å². The van der Waals surface area contributed by atoms with Crippen molar-refractivity contribution in [3.8, 4) is 0 Å². The lowest BCUT2D eigenvalue weighted by molar-refractivity contribution is -0.123. The van der Waals surface area contributed by atoms with Gasteiger partial charge in [0.25, 0.3) is 0 Å². The topological polar surface area (TPSA) is 23.6 Å². The van der Waals surface area contributed by atoms with Crippen LogP contribution in [0.15, 0.2) is 0 Å². The summed E-state index contributed by atoms with van der Waals surface area (Å²) in [6, 6.07) is 1.16. The maximum absolute atomic E-state index is 11.5. The maximum atomic E-state index is 11.5. The highest BCUT2D eigenvalue weighted by Crippen LogP contribution is 2.33. The van der Waals surface area contributed by atoms with Gasteiger partial charge in [-0.15, -0.1) is 0 Å². The summed E-state index contributed by atoms with van der Waals surface area (Å²) < 4.78 is 0. The minimum Gasteiger partial charge on any atom is -0.304 e. The van der Waals surface area contributed by atoms with E-state index in [2.05, 4.69) is 23.6 Å². The van der Waals surface area contributed by atoms with Crippen LogP contribution < -0.4 is 0 Å². The molecule has 2 atom stereocenters. The molecule has 0 aliphatic carbocycles. The Hall–Kier alpha value is -0.410. The predicted molar refractivity (Wildman–Crippen MR) is 70.2 cm³/mol. The van der Waals surface area contributed by atoms with Crippen molar-refractivity contribution in [1.29, 1.82) is 0 Å². The van der Waals surface area contributed by atoms with Gasteiger partial charge in [0.1, 0.15) is 5.78 Å². The Morgan fingerprint density at radius 1 is 1.18 bits per heavy atom. The van der Waals surface area contributed by atoms with E-state index in [0.717, 1.165) is 25.9 Å². The summed E-state index contributed by atoms with van der Waals surface area (Å²) in [5.74, 6) is 0.498. The molecule has 2 heterocycles. The van der Waals surface area contributed by atoms with Crippen LogP contribution in [0.25, 0.3) is 0 Å². The standard InChI is InChI=1S/C14H26N2O/c1-3-15(4-2)8-5-9-16-12-6-7-13(16)11-14(17)10-12/h12-13H,3-11H2,1-2H3. The molecule has 0 aromatic rings. The van der Waals surface area contributed by atoms with Crippen LogP contribution in [0.1, 0.15) is 46.0 Å². The molecule has 17 heavy (non-hydrogen) atoms. The van der Waals surface area contributed by atoms with Crippen molar-refractivity contribution >= 4 is 5.78 Å². The van der Waals surface area contributed by atoms with E-state index >= 15 is 0 Å². The van der Waals surface area contributed by atoms with E-state index in [1.807, 2.05) is 0 Å². The Balaban J connectivity index is 1.75. The fourth-order valence-electron chi connectivity index (χ4n) is 3.44. The zero-order valence-electron chi connectivity index (χ0n) is 11.3. The predicted octanol–water partition coefficient (Wildman–Crippen LogP) is 1.91. The highest BCUT2D eigenvalue weighted by molar-refractivity contribution is 5.80. The summed E-state index contributed by atoms with van der Waals surface area (Å²) in [6.07, 6.45) is 5.40. The Bertz CT molecular complexity index is 247. The minimum atomic E-state index is 0.498. The monoisotopic (exact) mass is 238 g/mol. The van der Waals surface area contributed by atoms with Gasteiger partial charge in [-0.2, -0.15) is 0 Å². The van der Waals surface area contributed by atoms with Gasteiger partial charge in [0.05, 0.1) is 0 Å². The van der Waals surface area contributed by atoms with Crippen molar-refractivity contribution in [2.45, 2.75) is 58.0 Å². The van der Waals surface area contributed by atoms with Crippen molar-refractivity contribution < 1.29 is 4.79 Å². The molecule has 2 saturated heterocycles. The smallest absolute Gasteiger partial charge is 0.136 e. The molecule has 3 heteroatoms. The van der Waals surface area contributed by atoms with Crippen molar-refractivity contribution in [2.75, 3.05) is 26.2 Å². The second-order valence-electron chi connectivity index (χ2n) is 5.45. The lowest BCUT2D eigenvalue weighted by Gasteiger charge is -2.34. The largest absolute Gasteiger partial charge is 0.304 e. The summed E-state index contributed by atoms with van der Waals surface area (Å²) in [4.78, 5) is 16.6. The highest BCUT2D eigenvalue weighted by atomic mass is 16.1. The number of ketones is 1. The number of piperidine rings is 1. The molecule has 2 rings (SSSR count). The Morgan fingerprint density at radius 3 is 2.29 bits per heavy atom. The van der Waals surface area contributed by atoms with Gasteiger partial charge in [0.15, 0.2) is 0 Å². The van der Waals surface area contributed by atoms with Crippen LogP contribution in [0, 0.1) is 0 Å². The second-order valence-corrected chi connectivity index (χ2v) is 5.45. The van der Waals surface area contributed by atoms with E-state index in [1.165, 1.54) is 32.4 Å². The SMILES string of the molecule is CCN(CC)CCCN1C2CCC1CC(=O)C2. The third-order valence-electron chi connectivity index (χ3n) is 4.48.